The molecular weight excluding hydrogens is 248 g/mol. The number of methoxy groups -OCH3 is 1. The van der Waals surface area contributed by atoms with E-state index in [9.17, 15) is 8.78 Å². The van der Waals surface area contributed by atoms with Crippen LogP contribution in [0.4, 0.5) is 8.78 Å². The topological polar surface area (TPSA) is 35.2 Å². The molecule has 0 saturated heterocycles. The van der Waals surface area contributed by atoms with Gasteiger partial charge in [-0.25, -0.2) is 8.78 Å². The lowest BCUT2D eigenvalue weighted by atomic mass is 9.97. The minimum absolute atomic E-state index is 0.311. The predicted molar refractivity (Wildman–Crippen MR) is 70.1 cm³/mol. The summed E-state index contributed by atoms with van der Waals surface area (Å²) >= 11 is 0. The lowest BCUT2D eigenvalue weighted by molar-refractivity contribution is 0.410. The third-order valence-corrected chi connectivity index (χ3v) is 2.97. The molecule has 0 radical (unpaired) electrons. The molecule has 2 nitrogen and oxygen atoms in total. The van der Waals surface area contributed by atoms with Gasteiger partial charge >= 0.3 is 0 Å². The van der Waals surface area contributed by atoms with Crippen LogP contribution in [-0.4, -0.2) is 7.11 Å². The Labute approximate surface area is 110 Å². The molecule has 0 saturated carbocycles. The van der Waals surface area contributed by atoms with Crippen molar-refractivity contribution in [2.24, 2.45) is 5.73 Å². The maximum atomic E-state index is 13.9. The quantitative estimate of drug-likeness (QED) is 0.921. The van der Waals surface area contributed by atoms with E-state index in [2.05, 4.69) is 0 Å². The summed E-state index contributed by atoms with van der Waals surface area (Å²) in [6.07, 6.45) is 0. The molecule has 0 aliphatic carbocycles. The van der Waals surface area contributed by atoms with Crippen LogP contribution >= 0.6 is 0 Å². The van der Waals surface area contributed by atoms with Gasteiger partial charge in [0, 0.05) is 11.6 Å². The largest absolute Gasteiger partial charge is 0.497 e. The summed E-state index contributed by atoms with van der Waals surface area (Å²) in [5.74, 6) is -0.419. The lowest BCUT2D eigenvalue weighted by Gasteiger charge is -2.15. The predicted octanol–water partition coefficient (Wildman–Crippen LogP) is 3.33. The van der Waals surface area contributed by atoms with Gasteiger partial charge in [-0.3, -0.25) is 0 Å². The van der Waals surface area contributed by atoms with Crippen molar-refractivity contribution >= 4 is 0 Å². The summed E-state index contributed by atoms with van der Waals surface area (Å²) in [4.78, 5) is 0. The van der Waals surface area contributed by atoms with Crippen LogP contribution < -0.4 is 10.5 Å². The number of benzene rings is 2. The molecule has 2 rings (SSSR count). The molecule has 2 aromatic carbocycles. The van der Waals surface area contributed by atoms with Crippen LogP contribution in [0.1, 0.15) is 22.7 Å². The molecule has 4 heteroatoms. The monoisotopic (exact) mass is 263 g/mol. The molecule has 1 atom stereocenters. The number of ether oxygens (including phenoxy) is 1. The molecule has 100 valence electrons. The number of hydrogen-bond acceptors (Lipinski definition) is 2. The average molecular weight is 263 g/mol. The van der Waals surface area contributed by atoms with Gasteiger partial charge in [-0.2, -0.15) is 0 Å². The molecule has 0 heterocycles. The highest BCUT2D eigenvalue weighted by molar-refractivity contribution is 5.37. The molecule has 1 unspecified atom stereocenters. The van der Waals surface area contributed by atoms with E-state index < -0.39 is 11.9 Å². The summed E-state index contributed by atoms with van der Waals surface area (Å²) in [7, 11) is 1.46. The Hall–Kier alpha value is -1.94. The van der Waals surface area contributed by atoms with Gasteiger partial charge in [-0.15, -0.1) is 0 Å². The highest BCUT2D eigenvalue weighted by Crippen LogP contribution is 2.26. The highest BCUT2D eigenvalue weighted by Gasteiger charge is 2.15. The van der Waals surface area contributed by atoms with Crippen molar-refractivity contribution < 1.29 is 13.5 Å². The van der Waals surface area contributed by atoms with Crippen LogP contribution in [0.2, 0.25) is 0 Å². The number of nitrogens with two attached hydrogens (primary N) is 1. The van der Waals surface area contributed by atoms with E-state index in [0.717, 1.165) is 5.56 Å². The number of hydrogen-bond donors (Lipinski definition) is 1. The van der Waals surface area contributed by atoms with Gasteiger partial charge in [0.05, 0.1) is 13.2 Å². The number of halogens is 2. The maximum absolute atomic E-state index is 13.9. The molecule has 0 aromatic heterocycles. The average Bonchev–Trinajstić information content (AvgIpc) is 2.36. The van der Waals surface area contributed by atoms with Crippen LogP contribution in [0, 0.1) is 18.6 Å². The Balaban J connectivity index is 2.40. The van der Waals surface area contributed by atoms with Gasteiger partial charge < -0.3 is 10.5 Å². The van der Waals surface area contributed by atoms with E-state index in [1.54, 1.807) is 25.1 Å². The number of rotatable bonds is 3. The fraction of sp³-hybridized carbons (Fsp3) is 0.200. The van der Waals surface area contributed by atoms with E-state index in [1.807, 2.05) is 0 Å². The van der Waals surface area contributed by atoms with Gasteiger partial charge in [-0.05, 0) is 36.2 Å². The zero-order valence-electron chi connectivity index (χ0n) is 10.8. The standard InChI is InChI=1S/C15H15F2NO/c1-9-5-10(7-11(16)6-9)15(18)13-4-3-12(19-2)8-14(13)17/h3-8,15H,18H2,1-2H3. The molecule has 0 fully saturated rings. The zero-order valence-corrected chi connectivity index (χ0v) is 10.8. The van der Waals surface area contributed by atoms with Crippen molar-refractivity contribution in [3.8, 4) is 5.75 Å². The first-order chi connectivity index (χ1) is 9.01. The Bertz CT molecular complexity index is 578. The van der Waals surface area contributed by atoms with Crippen LogP contribution in [0.15, 0.2) is 36.4 Å². The van der Waals surface area contributed by atoms with Gasteiger partial charge in [-0.1, -0.05) is 12.1 Å². The van der Waals surface area contributed by atoms with Gasteiger partial charge in [0.1, 0.15) is 17.4 Å². The first kappa shape index (κ1) is 13.5. The first-order valence-electron chi connectivity index (χ1n) is 5.87. The van der Waals surface area contributed by atoms with E-state index >= 15 is 0 Å². The van der Waals surface area contributed by atoms with Crippen LogP contribution in [0.5, 0.6) is 5.75 Å². The van der Waals surface area contributed by atoms with Crippen molar-refractivity contribution in [2.45, 2.75) is 13.0 Å². The molecule has 2 aromatic rings. The van der Waals surface area contributed by atoms with E-state index in [0.29, 0.717) is 16.9 Å². The summed E-state index contributed by atoms with van der Waals surface area (Å²) in [6.45, 7) is 1.77. The maximum Gasteiger partial charge on any atom is 0.132 e. The molecule has 0 spiro atoms. The van der Waals surface area contributed by atoms with Gasteiger partial charge in [0.25, 0.3) is 0 Å². The Kier molecular flexibility index (Phi) is 3.81. The molecule has 0 aliphatic rings. The fourth-order valence-corrected chi connectivity index (χ4v) is 2.01. The Morgan fingerprint density at radius 2 is 1.84 bits per heavy atom. The van der Waals surface area contributed by atoms with Crippen LogP contribution in [0.25, 0.3) is 0 Å². The Morgan fingerprint density at radius 1 is 1.11 bits per heavy atom. The van der Waals surface area contributed by atoms with E-state index in [1.165, 1.54) is 25.3 Å². The lowest BCUT2D eigenvalue weighted by Crippen LogP contribution is -2.14. The van der Waals surface area contributed by atoms with Crippen molar-refractivity contribution in [3.05, 3.63) is 64.7 Å². The van der Waals surface area contributed by atoms with Crippen LogP contribution in [-0.2, 0) is 0 Å². The molecule has 19 heavy (non-hydrogen) atoms. The summed E-state index contributed by atoms with van der Waals surface area (Å²) in [5, 5.41) is 0. The molecule has 0 amide bonds. The minimum atomic E-state index is -0.708. The van der Waals surface area contributed by atoms with Crippen molar-refractivity contribution in [1.82, 2.24) is 0 Å². The second-order valence-electron chi connectivity index (χ2n) is 4.43. The van der Waals surface area contributed by atoms with Gasteiger partial charge in [0.2, 0.25) is 0 Å². The van der Waals surface area contributed by atoms with Crippen molar-refractivity contribution in [1.29, 1.82) is 0 Å². The fourth-order valence-electron chi connectivity index (χ4n) is 2.01. The van der Waals surface area contributed by atoms with Gasteiger partial charge in [0.15, 0.2) is 0 Å². The highest BCUT2D eigenvalue weighted by atomic mass is 19.1. The number of aryl methyl sites for hydroxylation is 1. The van der Waals surface area contributed by atoms with E-state index in [4.69, 9.17) is 10.5 Å². The summed E-state index contributed by atoms with van der Waals surface area (Å²) in [5.41, 5.74) is 7.60. The molecule has 0 aliphatic heterocycles. The summed E-state index contributed by atoms with van der Waals surface area (Å²) < 4.78 is 32.2. The zero-order chi connectivity index (χ0) is 14.0. The molecule has 2 N–H and O–H groups in total. The van der Waals surface area contributed by atoms with Crippen LogP contribution in [0.3, 0.4) is 0 Å². The normalized spacial score (nSPS) is 12.3. The third kappa shape index (κ3) is 2.90. The van der Waals surface area contributed by atoms with Crippen molar-refractivity contribution in [2.75, 3.05) is 7.11 Å². The SMILES string of the molecule is COc1ccc(C(N)c2cc(C)cc(F)c2)c(F)c1. The van der Waals surface area contributed by atoms with E-state index in [-0.39, 0.29) is 5.82 Å². The first-order valence-corrected chi connectivity index (χ1v) is 5.87. The molecule has 0 bridgehead atoms. The minimum Gasteiger partial charge on any atom is -0.497 e. The third-order valence-electron chi connectivity index (χ3n) is 2.97. The second-order valence-corrected chi connectivity index (χ2v) is 4.43. The molecular formula is C15H15F2NO. The summed E-state index contributed by atoms with van der Waals surface area (Å²) in [6, 6.07) is 8.21. The van der Waals surface area contributed by atoms with Crippen molar-refractivity contribution in [3.63, 3.8) is 0 Å². The Morgan fingerprint density at radius 3 is 2.42 bits per heavy atom. The second kappa shape index (κ2) is 5.36. The smallest absolute Gasteiger partial charge is 0.132 e.